The van der Waals surface area contributed by atoms with Gasteiger partial charge in [0.15, 0.2) is 5.65 Å². The number of nitrogens with zero attached hydrogens (tertiary/aromatic N) is 6. The third kappa shape index (κ3) is 4.32. The second-order valence-corrected chi connectivity index (χ2v) is 8.95. The van der Waals surface area contributed by atoms with E-state index in [4.69, 9.17) is 15.0 Å². The maximum atomic E-state index is 12.8. The van der Waals surface area contributed by atoms with Crippen LogP contribution in [0.5, 0.6) is 11.6 Å². The highest BCUT2D eigenvalue weighted by molar-refractivity contribution is 5.78. The summed E-state index contributed by atoms with van der Waals surface area (Å²) >= 11 is 0. The molecule has 0 spiro atoms. The first kappa shape index (κ1) is 21.8. The van der Waals surface area contributed by atoms with Crippen molar-refractivity contribution in [1.29, 1.82) is 10.5 Å². The van der Waals surface area contributed by atoms with Crippen LogP contribution in [-0.2, 0) is 13.6 Å². The number of ether oxygens (including phenoxy) is 1. The zero-order chi connectivity index (χ0) is 23.8. The molecular formula is C25H22N6O2. The minimum Gasteiger partial charge on any atom is -0.439 e. The van der Waals surface area contributed by atoms with E-state index in [9.17, 15) is 10.1 Å². The number of pyridine rings is 2. The highest BCUT2D eigenvalue weighted by Crippen LogP contribution is 2.30. The summed E-state index contributed by atoms with van der Waals surface area (Å²) in [6, 6.07) is 16.1. The third-order valence-electron chi connectivity index (χ3n) is 5.09. The molecule has 0 atom stereocenters. The summed E-state index contributed by atoms with van der Waals surface area (Å²) in [7, 11) is 1.70. The van der Waals surface area contributed by atoms with Gasteiger partial charge in [0.05, 0.1) is 28.4 Å². The first-order valence-electron chi connectivity index (χ1n) is 10.3. The molecule has 8 nitrogen and oxygen atoms in total. The van der Waals surface area contributed by atoms with Crippen molar-refractivity contribution in [2.45, 2.75) is 27.3 Å². The second kappa shape index (κ2) is 8.25. The molecular weight excluding hydrogens is 416 g/mol. The van der Waals surface area contributed by atoms with Gasteiger partial charge in [-0.25, -0.2) is 14.8 Å². The van der Waals surface area contributed by atoms with Crippen LogP contribution < -0.4 is 10.4 Å². The lowest BCUT2D eigenvalue weighted by Gasteiger charge is -2.18. The predicted molar refractivity (Wildman–Crippen MR) is 124 cm³/mol. The molecule has 0 aliphatic heterocycles. The van der Waals surface area contributed by atoms with E-state index < -0.39 is 0 Å². The van der Waals surface area contributed by atoms with Crippen LogP contribution in [-0.4, -0.2) is 19.1 Å². The van der Waals surface area contributed by atoms with E-state index >= 15 is 0 Å². The fourth-order valence-electron chi connectivity index (χ4n) is 3.57. The number of fused-ring (bicyclic) bond motifs is 1. The fraction of sp³-hybridized carbons (Fsp3) is 0.240. The Balaban J connectivity index is 1.77. The van der Waals surface area contributed by atoms with Gasteiger partial charge in [0.25, 0.3) is 0 Å². The van der Waals surface area contributed by atoms with Gasteiger partial charge in [-0.15, -0.1) is 0 Å². The Hall–Kier alpha value is -4.43. The maximum Gasteiger partial charge on any atom is 0.330 e. The highest BCUT2D eigenvalue weighted by Gasteiger charge is 2.19. The summed E-state index contributed by atoms with van der Waals surface area (Å²) in [5.74, 6) is 0.803. The average molecular weight is 438 g/mol. The summed E-state index contributed by atoms with van der Waals surface area (Å²) in [6.45, 7) is 6.79. The quantitative estimate of drug-likeness (QED) is 0.468. The van der Waals surface area contributed by atoms with Gasteiger partial charge in [0.1, 0.15) is 11.8 Å². The highest BCUT2D eigenvalue weighted by atomic mass is 16.5. The first-order valence-corrected chi connectivity index (χ1v) is 10.3. The fourth-order valence-corrected chi connectivity index (χ4v) is 3.57. The Morgan fingerprint density at radius 1 is 1.06 bits per heavy atom. The number of hydrogen-bond donors (Lipinski definition) is 0. The van der Waals surface area contributed by atoms with Gasteiger partial charge in [0.2, 0.25) is 5.88 Å². The van der Waals surface area contributed by atoms with E-state index in [1.807, 2.05) is 12.1 Å². The van der Waals surface area contributed by atoms with Gasteiger partial charge in [-0.3, -0.25) is 9.13 Å². The Morgan fingerprint density at radius 2 is 1.85 bits per heavy atom. The molecule has 0 N–H and O–H groups in total. The van der Waals surface area contributed by atoms with E-state index in [0.29, 0.717) is 46.2 Å². The minimum absolute atomic E-state index is 0.0735. The van der Waals surface area contributed by atoms with Gasteiger partial charge in [-0.1, -0.05) is 20.8 Å². The van der Waals surface area contributed by atoms with Crippen molar-refractivity contribution in [3.63, 3.8) is 0 Å². The zero-order valence-corrected chi connectivity index (χ0v) is 18.8. The SMILES string of the molecule is Cn1c(=O)n(CC(C)(C)C)c2ccc(-c3cc(Oc4ccc(C#N)cn4)ccc3C#N)nc21. The van der Waals surface area contributed by atoms with E-state index in [1.165, 1.54) is 10.8 Å². The third-order valence-corrected chi connectivity index (χ3v) is 5.09. The number of aromatic nitrogens is 4. The monoisotopic (exact) mass is 438 g/mol. The van der Waals surface area contributed by atoms with E-state index in [1.54, 1.807) is 48.0 Å². The number of rotatable bonds is 4. The van der Waals surface area contributed by atoms with E-state index in [-0.39, 0.29) is 11.1 Å². The first-order chi connectivity index (χ1) is 15.7. The summed E-state index contributed by atoms with van der Waals surface area (Å²) in [6.07, 6.45) is 1.43. The molecule has 8 heteroatoms. The lowest BCUT2D eigenvalue weighted by Crippen LogP contribution is -2.27. The minimum atomic E-state index is -0.131. The maximum absolute atomic E-state index is 12.8. The molecule has 4 rings (SSSR count). The Morgan fingerprint density at radius 3 is 2.48 bits per heavy atom. The van der Waals surface area contributed by atoms with Crippen molar-refractivity contribution in [2.75, 3.05) is 0 Å². The van der Waals surface area contributed by atoms with Crippen LogP contribution in [0.25, 0.3) is 22.4 Å². The molecule has 4 aromatic rings. The molecule has 164 valence electrons. The molecule has 0 radical (unpaired) electrons. The number of hydrogen-bond acceptors (Lipinski definition) is 6. The van der Waals surface area contributed by atoms with Crippen LogP contribution in [0.1, 0.15) is 31.9 Å². The van der Waals surface area contributed by atoms with Gasteiger partial charge in [-0.2, -0.15) is 10.5 Å². The van der Waals surface area contributed by atoms with Gasteiger partial charge >= 0.3 is 5.69 Å². The molecule has 0 bridgehead atoms. The smallest absolute Gasteiger partial charge is 0.330 e. The largest absolute Gasteiger partial charge is 0.439 e. The van der Waals surface area contributed by atoms with Gasteiger partial charge in [-0.05, 0) is 41.8 Å². The molecule has 3 heterocycles. The standard InChI is InChI=1S/C25H22N6O2/c1-25(2,3)15-31-21-9-8-20(29-23(21)30(4)24(31)32)19-11-18(7-6-17(19)13-27)33-22-10-5-16(12-26)14-28-22/h5-11,14H,15H2,1-4H3. The number of benzene rings is 1. The summed E-state index contributed by atoms with van der Waals surface area (Å²) in [5.41, 5.74) is 3.09. The molecule has 0 aliphatic rings. The van der Waals surface area contributed by atoms with Gasteiger partial charge in [0, 0.05) is 31.4 Å². The van der Waals surface area contributed by atoms with Crippen molar-refractivity contribution < 1.29 is 4.74 Å². The molecule has 0 aliphatic carbocycles. The molecule has 0 fully saturated rings. The average Bonchev–Trinajstić information content (AvgIpc) is 3.02. The van der Waals surface area contributed by atoms with Crippen LogP contribution in [0.2, 0.25) is 0 Å². The normalized spacial score (nSPS) is 11.2. The molecule has 0 unspecified atom stereocenters. The topological polar surface area (TPSA) is 110 Å². The Kier molecular flexibility index (Phi) is 5.45. The molecule has 1 aromatic carbocycles. The van der Waals surface area contributed by atoms with Crippen molar-refractivity contribution in [2.24, 2.45) is 12.5 Å². The Bertz CT molecular complexity index is 1490. The van der Waals surface area contributed by atoms with Crippen molar-refractivity contribution in [3.8, 4) is 35.0 Å². The van der Waals surface area contributed by atoms with Crippen LogP contribution in [0.3, 0.4) is 0 Å². The van der Waals surface area contributed by atoms with E-state index in [0.717, 1.165) is 5.52 Å². The molecule has 3 aromatic heterocycles. The van der Waals surface area contributed by atoms with Gasteiger partial charge < -0.3 is 4.74 Å². The summed E-state index contributed by atoms with van der Waals surface area (Å²) in [5, 5.41) is 18.6. The van der Waals surface area contributed by atoms with Crippen LogP contribution >= 0.6 is 0 Å². The second-order valence-electron chi connectivity index (χ2n) is 8.95. The van der Waals surface area contributed by atoms with E-state index in [2.05, 4.69) is 31.8 Å². The lowest BCUT2D eigenvalue weighted by atomic mass is 9.97. The number of nitriles is 2. The summed E-state index contributed by atoms with van der Waals surface area (Å²) in [4.78, 5) is 21.7. The number of aryl methyl sites for hydroxylation is 1. The molecule has 33 heavy (non-hydrogen) atoms. The molecule has 0 saturated carbocycles. The van der Waals surface area contributed by atoms with Crippen LogP contribution in [0.4, 0.5) is 0 Å². The predicted octanol–water partition coefficient (Wildman–Crippen LogP) is 4.38. The molecule has 0 saturated heterocycles. The number of imidazole rings is 1. The Labute approximate surface area is 190 Å². The van der Waals surface area contributed by atoms with Crippen LogP contribution in [0, 0.1) is 28.1 Å². The lowest BCUT2D eigenvalue weighted by molar-refractivity contribution is 0.342. The van der Waals surface area contributed by atoms with Crippen LogP contribution in [0.15, 0.2) is 53.5 Å². The van der Waals surface area contributed by atoms with Crippen molar-refractivity contribution in [3.05, 3.63) is 70.3 Å². The van der Waals surface area contributed by atoms with Crippen molar-refractivity contribution in [1.82, 2.24) is 19.1 Å². The summed E-state index contributed by atoms with van der Waals surface area (Å²) < 4.78 is 9.07. The molecule has 0 amide bonds. The van der Waals surface area contributed by atoms with Crippen molar-refractivity contribution >= 4 is 11.2 Å². The zero-order valence-electron chi connectivity index (χ0n) is 18.8.